The molecule has 5 nitrogen and oxygen atoms in total. The number of hydrogen-bond donors (Lipinski definition) is 1. The van der Waals surface area contributed by atoms with Crippen molar-refractivity contribution < 1.29 is 31.5 Å². The number of rotatable bonds is 5. The number of benzene rings is 3. The number of carbonyl (C=O) groups is 2. The number of urea groups is 1. The highest BCUT2D eigenvalue weighted by molar-refractivity contribution is 6.05. The molecule has 0 atom stereocenters. The van der Waals surface area contributed by atoms with Gasteiger partial charge in [0.1, 0.15) is 11.6 Å². The number of hydrogen-bond acceptors (Lipinski definition) is 2. The largest absolute Gasteiger partial charge is 0.416 e. The van der Waals surface area contributed by atoms with Crippen LogP contribution in [0.25, 0.3) is 0 Å². The van der Waals surface area contributed by atoms with Crippen molar-refractivity contribution in [3.63, 3.8) is 0 Å². The van der Waals surface area contributed by atoms with Crippen LogP contribution >= 0.6 is 0 Å². The predicted molar refractivity (Wildman–Crippen MR) is 120 cm³/mol. The van der Waals surface area contributed by atoms with Crippen molar-refractivity contribution in [2.45, 2.75) is 19.1 Å². The van der Waals surface area contributed by atoms with E-state index in [2.05, 4.69) is 5.32 Å². The summed E-state index contributed by atoms with van der Waals surface area (Å²) < 4.78 is 66.1. The van der Waals surface area contributed by atoms with Crippen LogP contribution in [0, 0.1) is 11.6 Å². The average Bonchev–Trinajstić information content (AvgIpc) is 2.80. The maximum Gasteiger partial charge on any atom is 0.416 e. The summed E-state index contributed by atoms with van der Waals surface area (Å²) >= 11 is 0. The molecular formula is C25H20F5N3O2. The van der Waals surface area contributed by atoms with Crippen LogP contribution in [0.4, 0.5) is 38.1 Å². The van der Waals surface area contributed by atoms with E-state index in [1.54, 1.807) is 18.2 Å². The number of halogens is 5. The third-order valence-electron chi connectivity index (χ3n) is 5.53. The molecule has 0 radical (unpaired) electrons. The van der Waals surface area contributed by atoms with Gasteiger partial charge in [-0.05, 0) is 54.4 Å². The van der Waals surface area contributed by atoms with Crippen molar-refractivity contribution in [2.24, 2.45) is 0 Å². The molecule has 182 valence electrons. The van der Waals surface area contributed by atoms with Crippen LogP contribution in [0.3, 0.4) is 0 Å². The second-order valence-corrected chi connectivity index (χ2v) is 8.04. The fourth-order valence-electron chi connectivity index (χ4n) is 3.86. The zero-order chi connectivity index (χ0) is 25.2. The molecule has 35 heavy (non-hydrogen) atoms. The van der Waals surface area contributed by atoms with E-state index in [0.717, 1.165) is 24.3 Å². The standard InChI is InChI=1S/C25H20F5N3O2/c26-18-8-9-21(22(27)13-18)23(34)31-19-6-2-7-20(14-19)33-11-3-10-32(24(33)35)15-16-4-1-5-17(12-16)25(28,29)30/h1-2,4-9,12-14H,3,10-11,15H2,(H,31,34). The highest BCUT2D eigenvalue weighted by atomic mass is 19.4. The molecule has 3 aromatic rings. The van der Waals surface area contributed by atoms with Crippen LogP contribution < -0.4 is 10.2 Å². The van der Waals surface area contributed by atoms with E-state index in [1.807, 2.05) is 0 Å². The van der Waals surface area contributed by atoms with Crippen LogP contribution in [0.2, 0.25) is 0 Å². The first-order valence-corrected chi connectivity index (χ1v) is 10.7. The zero-order valence-corrected chi connectivity index (χ0v) is 18.3. The first-order chi connectivity index (χ1) is 16.6. The first-order valence-electron chi connectivity index (χ1n) is 10.7. The topological polar surface area (TPSA) is 52.7 Å². The molecule has 1 heterocycles. The quantitative estimate of drug-likeness (QED) is 0.443. The summed E-state index contributed by atoms with van der Waals surface area (Å²) in [6.45, 7) is 0.771. The van der Waals surface area contributed by atoms with Crippen molar-refractivity contribution in [1.29, 1.82) is 0 Å². The molecule has 0 bridgehead atoms. The molecule has 4 rings (SSSR count). The molecule has 10 heteroatoms. The van der Waals surface area contributed by atoms with Gasteiger partial charge in [0.25, 0.3) is 5.91 Å². The first kappa shape index (κ1) is 24.2. The number of amides is 3. The Bertz CT molecular complexity index is 1260. The number of carbonyl (C=O) groups excluding carboxylic acids is 2. The summed E-state index contributed by atoms with van der Waals surface area (Å²) in [4.78, 5) is 28.4. The van der Waals surface area contributed by atoms with Gasteiger partial charge in [-0.2, -0.15) is 13.2 Å². The lowest BCUT2D eigenvalue weighted by atomic mass is 10.1. The highest BCUT2D eigenvalue weighted by Crippen LogP contribution is 2.30. The summed E-state index contributed by atoms with van der Waals surface area (Å²) in [7, 11) is 0. The molecule has 1 saturated heterocycles. The number of nitrogens with zero attached hydrogens (tertiary/aromatic N) is 2. The number of nitrogens with one attached hydrogen (secondary N) is 1. The summed E-state index contributed by atoms with van der Waals surface area (Å²) in [6.07, 6.45) is -3.89. The molecule has 1 aliphatic rings. The van der Waals surface area contributed by atoms with E-state index in [0.29, 0.717) is 42.5 Å². The van der Waals surface area contributed by atoms with Gasteiger partial charge in [-0.15, -0.1) is 0 Å². The van der Waals surface area contributed by atoms with Gasteiger partial charge in [-0.25, -0.2) is 13.6 Å². The molecule has 1 N–H and O–H groups in total. The van der Waals surface area contributed by atoms with Crippen LogP contribution in [-0.2, 0) is 12.7 Å². The van der Waals surface area contributed by atoms with Crippen LogP contribution in [-0.4, -0.2) is 29.9 Å². The summed E-state index contributed by atoms with van der Waals surface area (Å²) in [5.41, 5.74) is -0.00651. The van der Waals surface area contributed by atoms with E-state index in [9.17, 15) is 31.5 Å². The van der Waals surface area contributed by atoms with Crippen LogP contribution in [0.15, 0.2) is 66.7 Å². The monoisotopic (exact) mass is 489 g/mol. The normalized spacial score (nSPS) is 14.3. The Balaban J connectivity index is 1.49. The molecular weight excluding hydrogens is 469 g/mol. The van der Waals surface area contributed by atoms with Crippen LogP contribution in [0.1, 0.15) is 27.9 Å². The lowest BCUT2D eigenvalue weighted by molar-refractivity contribution is -0.137. The molecule has 3 amide bonds. The van der Waals surface area contributed by atoms with Gasteiger partial charge in [-0.3, -0.25) is 9.69 Å². The second kappa shape index (κ2) is 9.73. The van der Waals surface area contributed by atoms with Crippen molar-refractivity contribution in [1.82, 2.24) is 4.90 Å². The van der Waals surface area contributed by atoms with Gasteiger partial charge in [0, 0.05) is 37.1 Å². The molecule has 1 aliphatic heterocycles. The Kier molecular flexibility index (Phi) is 6.72. The smallest absolute Gasteiger partial charge is 0.322 e. The van der Waals surface area contributed by atoms with Gasteiger partial charge in [0.05, 0.1) is 11.1 Å². The fourth-order valence-corrected chi connectivity index (χ4v) is 3.86. The van der Waals surface area contributed by atoms with Gasteiger partial charge in [-0.1, -0.05) is 18.2 Å². The highest BCUT2D eigenvalue weighted by Gasteiger charge is 2.31. The molecule has 0 aromatic heterocycles. The minimum atomic E-state index is -4.48. The molecule has 0 spiro atoms. The number of alkyl halides is 3. The Morgan fingerprint density at radius 3 is 2.46 bits per heavy atom. The van der Waals surface area contributed by atoms with E-state index in [1.165, 1.54) is 28.0 Å². The molecule has 0 saturated carbocycles. The van der Waals surface area contributed by atoms with Crippen LogP contribution in [0.5, 0.6) is 0 Å². The van der Waals surface area contributed by atoms with Gasteiger partial charge < -0.3 is 10.2 Å². The zero-order valence-electron chi connectivity index (χ0n) is 18.3. The van der Waals surface area contributed by atoms with Gasteiger partial charge in [0.2, 0.25) is 0 Å². The molecule has 1 fully saturated rings. The molecule has 0 unspecified atom stereocenters. The maximum absolute atomic E-state index is 13.9. The summed E-state index contributed by atoms with van der Waals surface area (Å²) in [5, 5.41) is 2.52. The minimum absolute atomic E-state index is 0.0134. The Labute approximate surface area is 197 Å². The molecule has 0 aliphatic carbocycles. The predicted octanol–water partition coefficient (Wildman–Crippen LogP) is 6.07. The summed E-state index contributed by atoms with van der Waals surface area (Å²) in [5.74, 6) is -2.59. The lowest BCUT2D eigenvalue weighted by Gasteiger charge is -2.36. The third-order valence-corrected chi connectivity index (χ3v) is 5.53. The van der Waals surface area contributed by atoms with E-state index in [4.69, 9.17) is 0 Å². The average molecular weight is 489 g/mol. The van der Waals surface area contributed by atoms with Gasteiger partial charge in [0.15, 0.2) is 0 Å². The Morgan fingerprint density at radius 2 is 1.71 bits per heavy atom. The van der Waals surface area contributed by atoms with Crippen molar-refractivity contribution in [3.8, 4) is 0 Å². The van der Waals surface area contributed by atoms with E-state index < -0.39 is 29.3 Å². The van der Waals surface area contributed by atoms with Crippen molar-refractivity contribution in [2.75, 3.05) is 23.3 Å². The second-order valence-electron chi connectivity index (χ2n) is 8.04. The maximum atomic E-state index is 13.9. The lowest BCUT2D eigenvalue weighted by Crippen LogP contribution is -2.49. The van der Waals surface area contributed by atoms with Crippen molar-refractivity contribution in [3.05, 3.63) is 95.1 Å². The number of anilines is 2. The molecule has 3 aromatic carbocycles. The van der Waals surface area contributed by atoms with Gasteiger partial charge >= 0.3 is 12.2 Å². The Morgan fingerprint density at radius 1 is 0.943 bits per heavy atom. The Hall–Kier alpha value is -3.95. The van der Waals surface area contributed by atoms with E-state index in [-0.39, 0.29) is 18.1 Å². The SMILES string of the molecule is O=C(Nc1cccc(N2CCCN(Cc3cccc(C(F)(F)F)c3)C2=O)c1)c1ccc(F)cc1F. The van der Waals surface area contributed by atoms with Crippen molar-refractivity contribution >= 4 is 23.3 Å². The fraction of sp³-hybridized carbons (Fsp3) is 0.200. The van der Waals surface area contributed by atoms with E-state index >= 15 is 0 Å². The minimum Gasteiger partial charge on any atom is -0.322 e. The summed E-state index contributed by atoms with van der Waals surface area (Å²) in [6, 6.07) is 13.4. The third kappa shape index (κ3) is 5.59.